The van der Waals surface area contributed by atoms with Crippen LogP contribution in [0.1, 0.15) is 0 Å². The summed E-state index contributed by atoms with van der Waals surface area (Å²) in [6, 6.07) is 9.72. The fourth-order valence-corrected chi connectivity index (χ4v) is 0.834. The van der Waals surface area contributed by atoms with Crippen molar-refractivity contribution < 1.29 is 4.74 Å². The van der Waals surface area contributed by atoms with E-state index in [1.807, 2.05) is 30.3 Å². The summed E-state index contributed by atoms with van der Waals surface area (Å²) in [7, 11) is 0. The fraction of sp³-hybridized carbons (Fsp3) is 0.111. The van der Waals surface area contributed by atoms with Crippen molar-refractivity contribution in [3.05, 3.63) is 40.5 Å². The number of hydrogen-bond acceptors (Lipinski definition) is 1. The number of benzene rings is 1. The zero-order valence-electron chi connectivity index (χ0n) is 6.09. The van der Waals surface area contributed by atoms with Crippen molar-refractivity contribution in [1.29, 1.82) is 0 Å². The van der Waals surface area contributed by atoms with Gasteiger partial charge in [-0.3, -0.25) is 0 Å². The van der Waals surface area contributed by atoms with Crippen LogP contribution in [-0.4, -0.2) is 6.61 Å². The number of ether oxygens (including phenoxy) is 1. The van der Waals surface area contributed by atoms with Crippen molar-refractivity contribution in [2.45, 2.75) is 0 Å². The Kier molecular flexibility index (Phi) is 3.42. The van der Waals surface area contributed by atoms with Gasteiger partial charge < -0.3 is 4.74 Å². The first kappa shape index (κ1) is 8.59. The molecular weight excluding hydrogens is 251 g/mol. The first-order valence-electron chi connectivity index (χ1n) is 3.30. The van der Waals surface area contributed by atoms with Gasteiger partial charge in [-0.25, -0.2) is 0 Å². The predicted octanol–water partition coefficient (Wildman–Crippen LogP) is 3.01. The molecule has 0 saturated heterocycles. The van der Waals surface area contributed by atoms with Gasteiger partial charge in [-0.1, -0.05) is 24.8 Å². The fourth-order valence-electron chi connectivity index (χ4n) is 0.678. The first-order valence-corrected chi connectivity index (χ1v) is 4.38. The minimum absolute atomic E-state index is 0.588. The molecular formula is C9H9IO. The lowest BCUT2D eigenvalue weighted by atomic mass is 10.3. The Hall–Kier alpha value is -0.510. The number of para-hydroxylation sites is 1. The van der Waals surface area contributed by atoms with Gasteiger partial charge in [0, 0.05) is 3.58 Å². The van der Waals surface area contributed by atoms with Gasteiger partial charge in [-0.2, -0.15) is 0 Å². The normalized spacial score (nSPS) is 9.18. The van der Waals surface area contributed by atoms with Crippen LogP contribution in [0.4, 0.5) is 0 Å². The van der Waals surface area contributed by atoms with Gasteiger partial charge in [0.1, 0.15) is 12.4 Å². The summed E-state index contributed by atoms with van der Waals surface area (Å²) in [5, 5.41) is 0. The molecule has 0 unspecified atom stereocenters. The molecule has 0 aliphatic heterocycles. The van der Waals surface area contributed by atoms with Crippen LogP contribution in [0.5, 0.6) is 5.75 Å². The second-order valence-electron chi connectivity index (χ2n) is 2.12. The molecule has 1 nitrogen and oxygen atoms in total. The maximum absolute atomic E-state index is 5.36. The van der Waals surface area contributed by atoms with E-state index in [9.17, 15) is 0 Å². The molecule has 0 N–H and O–H groups in total. The van der Waals surface area contributed by atoms with E-state index in [4.69, 9.17) is 4.74 Å². The molecule has 58 valence electrons. The molecule has 2 heteroatoms. The van der Waals surface area contributed by atoms with E-state index in [2.05, 4.69) is 29.2 Å². The van der Waals surface area contributed by atoms with E-state index in [0.717, 1.165) is 9.33 Å². The topological polar surface area (TPSA) is 9.23 Å². The predicted molar refractivity (Wildman–Crippen MR) is 55.1 cm³/mol. The van der Waals surface area contributed by atoms with Crippen LogP contribution < -0.4 is 4.74 Å². The highest BCUT2D eigenvalue weighted by atomic mass is 127. The highest BCUT2D eigenvalue weighted by Crippen LogP contribution is 2.11. The van der Waals surface area contributed by atoms with Crippen molar-refractivity contribution in [2.75, 3.05) is 6.61 Å². The molecule has 0 atom stereocenters. The van der Waals surface area contributed by atoms with Crippen LogP contribution in [0.15, 0.2) is 40.5 Å². The Morgan fingerprint density at radius 3 is 2.55 bits per heavy atom. The molecule has 11 heavy (non-hydrogen) atoms. The Balaban J connectivity index is 2.45. The zero-order chi connectivity index (χ0) is 8.10. The average molecular weight is 260 g/mol. The first-order chi connectivity index (χ1) is 5.29. The monoisotopic (exact) mass is 260 g/mol. The lowest BCUT2D eigenvalue weighted by molar-refractivity contribution is 0.362. The Labute approximate surface area is 80.2 Å². The summed E-state index contributed by atoms with van der Waals surface area (Å²) < 4.78 is 6.37. The molecule has 0 spiro atoms. The minimum Gasteiger partial charge on any atom is -0.488 e. The molecule has 1 aromatic rings. The third kappa shape index (κ3) is 3.41. The van der Waals surface area contributed by atoms with Crippen LogP contribution in [0.3, 0.4) is 0 Å². The molecule has 0 bridgehead atoms. The Morgan fingerprint density at radius 2 is 2.00 bits per heavy atom. The van der Waals surface area contributed by atoms with Gasteiger partial charge >= 0.3 is 0 Å². The van der Waals surface area contributed by atoms with Crippen molar-refractivity contribution in [3.8, 4) is 5.75 Å². The third-order valence-corrected chi connectivity index (χ3v) is 1.45. The minimum atomic E-state index is 0.588. The van der Waals surface area contributed by atoms with E-state index in [1.165, 1.54) is 0 Å². The number of halogens is 1. The second kappa shape index (κ2) is 4.38. The van der Waals surface area contributed by atoms with Gasteiger partial charge in [0.25, 0.3) is 0 Å². The van der Waals surface area contributed by atoms with Gasteiger partial charge in [0.2, 0.25) is 0 Å². The summed E-state index contributed by atoms with van der Waals surface area (Å²) in [5.41, 5.74) is 0. The summed E-state index contributed by atoms with van der Waals surface area (Å²) in [6.45, 7) is 4.32. The van der Waals surface area contributed by atoms with Crippen molar-refractivity contribution in [1.82, 2.24) is 0 Å². The van der Waals surface area contributed by atoms with Crippen molar-refractivity contribution in [3.63, 3.8) is 0 Å². The molecule has 0 amide bonds. The molecule has 1 aromatic carbocycles. The van der Waals surface area contributed by atoms with E-state index in [1.54, 1.807) is 0 Å². The third-order valence-electron chi connectivity index (χ3n) is 1.14. The van der Waals surface area contributed by atoms with Gasteiger partial charge in [-0.05, 0) is 34.7 Å². The molecule has 0 fully saturated rings. The standard InChI is InChI=1S/C9H9IO/c1-8(10)7-11-9-5-3-2-4-6-9/h2-6H,1,7H2. The molecule has 0 aromatic heterocycles. The summed E-state index contributed by atoms with van der Waals surface area (Å²) in [6.07, 6.45) is 0. The zero-order valence-corrected chi connectivity index (χ0v) is 8.24. The summed E-state index contributed by atoms with van der Waals surface area (Å²) in [4.78, 5) is 0. The number of rotatable bonds is 3. The number of hydrogen-bond donors (Lipinski definition) is 0. The van der Waals surface area contributed by atoms with Crippen LogP contribution in [-0.2, 0) is 0 Å². The van der Waals surface area contributed by atoms with Crippen LogP contribution in [0.25, 0.3) is 0 Å². The highest BCUT2D eigenvalue weighted by Gasteiger charge is 1.90. The van der Waals surface area contributed by atoms with E-state index in [-0.39, 0.29) is 0 Å². The lowest BCUT2D eigenvalue weighted by Crippen LogP contribution is -1.94. The van der Waals surface area contributed by atoms with E-state index < -0.39 is 0 Å². The molecule has 0 aliphatic carbocycles. The van der Waals surface area contributed by atoms with Gasteiger partial charge in [0.05, 0.1) is 0 Å². The van der Waals surface area contributed by atoms with Crippen LogP contribution >= 0.6 is 22.6 Å². The molecule has 0 aliphatic rings. The van der Waals surface area contributed by atoms with Gasteiger partial charge in [-0.15, -0.1) is 0 Å². The summed E-state index contributed by atoms with van der Waals surface area (Å²) >= 11 is 2.15. The molecule has 0 heterocycles. The molecule has 1 rings (SSSR count). The largest absolute Gasteiger partial charge is 0.488 e. The van der Waals surface area contributed by atoms with Crippen LogP contribution in [0.2, 0.25) is 0 Å². The highest BCUT2D eigenvalue weighted by molar-refractivity contribution is 14.1. The average Bonchev–Trinajstić information content (AvgIpc) is 2.03. The molecule has 0 saturated carbocycles. The van der Waals surface area contributed by atoms with E-state index in [0.29, 0.717) is 6.61 Å². The quantitative estimate of drug-likeness (QED) is 0.759. The maximum Gasteiger partial charge on any atom is 0.119 e. The van der Waals surface area contributed by atoms with Crippen LogP contribution in [0, 0.1) is 0 Å². The van der Waals surface area contributed by atoms with E-state index >= 15 is 0 Å². The Bertz CT molecular complexity index is 231. The summed E-state index contributed by atoms with van der Waals surface area (Å²) in [5.74, 6) is 0.894. The SMILES string of the molecule is C=C(I)COc1ccccc1. The smallest absolute Gasteiger partial charge is 0.119 e. The van der Waals surface area contributed by atoms with Gasteiger partial charge in [0.15, 0.2) is 0 Å². The van der Waals surface area contributed by atoms with Crippen molar-refractivity contribution >= 4 is 22.6 Å². The maximum atomic E-state index is 5.36. The Morgan fingerprint density at radius 1 is 1.36 bits per heavy atom. The molecule has 0 radical (unpaired) electrons. The lowest BCUT2D eigenvalue weighted by Gasteiger charge is -2.02. The second-order valence-corrected chi connectivity index (χ2v) is 3.64. The van der Waals surface area contributed by atoms with Crippen molar-refractivity contribution in [2.24, 2.45) is 0 Å².